The Balaban J connectivity index is 1.76. The summed E-state index contributed by atoms with van der Waals surface area (Å²) in [4.78, 5) is 15.4. The van der Waals surface area contributed by atoms with Crippen LogP contribution < -0.4 is 5.43 Å². The molecule has 1 N–H and O–H groups in total. The topological polar surface area (TPSA) is 32.9 Å². The van der Waals surface area contributed by atoms with Gasteiger partial charge in [-0.25, -0.2) is 0 Å². The lowest BCUT2D eigenvalue weighted by Gasteiger charge is -2.02. The molecule has 1 aromatic carbocycles. The summed E-state index contributed by atoms with van der Waals surface area (Å²) in [5.74, 6) is 0. The molecule has 0 aliphatic rings. The number of para-hydroxylation sites is 1. The van der Waals surface area contributed by atoms with Crippen LogP contribution in [0.1, 0.15) is 57.6 Å². The Morgan fingerprint density at radius 3 is 2.64 bits per heavy atom. The largest absolute Gasteiger partial charge is 0.358 e. The molecule has 0 unspecified atom stereocenters. The molecule has 0 bridgehead atoms. The summed E-state index contributed by atoms with van der Waals surface area (Å²) in [6.07, 6.45) is 14.3. The van der Waals surface area contributed by atoms with Crippen molar-refractivity contribution in [3.05, 3.63) is 58.4 Å². The van der Waals surface area contributed by atoms with E-state index < -0.39 is 0 Å². The number of H-pyrrole nitrogens is 1. The minimum Gasteiger partial charge on any atom is -0.358 e. The predicted molar refractivity (Wildman–Crippen MR) is 95.4 cm³/mol. The smallest absolute Gasteiger partial charge is 0.189 e. The minimum absolute atomic E-state index is 0.115. The number of aromatic nitrogens is 1. The molecule has 118 valence electrons. The van der Waals surface area contributed by atoms with Gasteiger partial charge < -0.3 is 4.98 Å². The van der Waals surface area contributed by atoms with Crippen LogP contribution in [0.3, 0.4) is 0 Å². The van der Waals surface area contributed by atoms with Crippen LogP contribution in [-0.2, 0) is 6.42 Å². The molecule has 0 spiro atoms. The van der Waals surface area contributed by atoms with Crippen molar-refractivity contribution in [2.45, 2.75) is 58.3 Å². The highest BCUT2D eigenvalue weighted by molar-refractivity contribution is 5.78. The summed E-state index contributed by atoms with van der Waals surface area (Å²) in [6.45, 7) is 2.25. The Bertz CT molecular complexity index is 654. The molecule has 0 amide bonds. The summed E-state index contributed by atoms with van der Waals surface area (Å²) >= 11 is 0. The van der Waals surface area contributed by atoms with Gasteiger partial charge in [0.2, 0.25) is 0 Å². The maximum absolute atomic E-state index is 12.0. The highest BCUT2D eigenvalue weighted by Crippen LogP contribution is 2.09. The van der Waals surface area contributed by atoms with Gasteiger partial charge in [-0.2, -0.15) is 0 Å². The Hall–Kier alpha value is -1.83. The third-order valence-electron chi connectivity index (χ3n) is 4.01. The van der Waals surface area contributed by atoms with Crippen molar-refractivity contribution >= 4 is 10.9 Å². The van der Waals surface area contributed by atoms with Crippen LogP contribution in [0.2, 0.25) is 0 Å². The fourth-order valence-electron chi connectivity index (χ4n) is 2.73. The van der Waals surface area contributed by atoms with E-state index in [1.165, 1.54) is 38.5 Å². The lowest BCUT2D eigenvalue weighted by atomic mass is 10.1. The van der Waals surface area contributed by atoms with Gasteiger partial charge >= 0.3 is 0 Å². The summed E-state index contributed by atoms with van der Waals surface area (Å²) in [5.41, 5.74) is 2.07. The highest BCUT2D eigenvalue weighted by atomic mass is 16.1. The van der Waals surface area contributed by atoms with Crippen molar-refractivity contribution in [3.8, 4) is 0 Å². The van der Waals surface area contributed by atoms with Gasteiger partial charge in [-0.05, 0) is 37.8 Å². The van der Waals surface area contributed by atoms with Crippen LogP contribution >= 0.6 is 0 Å². The van der Waals surface area contributed by atoms with Gasteiger partial charge in [0.25, 0.3) is 0 Å². The molecular formula is C20H27NO. The molecule has 2 nitrogen and oxygen atoms in total. The molecule has 0 aliphatic heterocycles. The molecule has 22 heavy (non-hydrogen) atoms. The zero-order valence-corrected chi connectivity index (χ0v) is 13.6. The number of unbranched alkanes of at least 4 members (excludes halogenated alkanes) is 5. The zero-order valence-electron chi connectivity index (χ0n) is 13.6. The van der Waals surface area contributed by atoms with E-state index in [0.717, 1.165) is 29.4 Å². The first kappa shape index (κ1) is 16.5. The first-order valence-corrected chi connectivity index (χ1v) is 8.57. The molecule has 2 heteroatoms. The summed E-state index contributed by atoms with van der Waals surface area (Å²) in [5, 5.41) is 0.772. The number of aromatic amines is 1. The average molecular weight is 297 g/mol. The maximum atomic E-state index is 12.0. The molecule has 2 rings (SSSR count). The van der Waals surface area contributed by atoms with Crippen molar-refractivity contribution in [3.63, 3.8) is 0 Å². The summed E-state index contributed by atoms with van der Waals surface area (Å²) in [6, 6.07) is 9.44. The SMILES string of the molecule is CCCCCCC/C=C/CCc1cc(=O)c2ccccc2[nH]1. The van der Waals surface area contributed by atoms with E-state index in [4.69, 9.17) is 0 Å². The first-order chi connectivity index (χ1) is 10.8. The molecule has 1 aromatic heterocycles. The van der Waals surface area contributed by atoms with Crippen molar-refractivity contribution in [1.82, 2.24) is 4.98 Å². The molecule has 0 fully saturated rings. The second-order valence-corrected chi connectivity index (χ2v) is 5.92. The van der Waals surface area contributed by atoms with Gasteiger partial charge in [-0.1, -0.05) is 56.9 Å². The number of pyridine rings is 1. The zero-order chi connectivity index (χ0) is 15.6. The van der Waals surface area contributed by atoms with Gasteiger partial charge in [-0.15, -0.1) is 0 Å². The first-order valence-electron chi connectivity index (χ1n) is 8.57. The fourth-order valence-corrected chi connectivity index (χ4v) is 2.73. The van der Waals surface area contributed by atoms with Crippen molar-refractivity contribution in [1.29, 1.82) is 0 Å². The van der Waals surface area contributed by atoms with Crippen molar-refractivity contribution < 1.29 is 0 Å². The van der Waals surface area contributed by atoms with E-state index in [-0.39, 0.29) is 5.43 Å². The van der Waals surface area contributed by atoms with E-state index in [1.54, 1.807) is 6.07 Å². The summed E-state index contributed by atoms with van der Waals surface area (Å²) < 4.78 is 0. The Morgan fingerprint density at radius 2 is 1.77 bits per heavy atom. The van der Waals surface area contributed by atoms with Crippen LogP contribution in [0, 0.1) is 0 Å². The second kappa shape index (κ2) is 9.24. The lowest BCUT2D eigenvalue weighted by molar-refractivity contribution is 0.637. The Labute approximate surface area is 133 Å². The average Bonchev–Trinajstić information content (AvgIpc) is 2.53. The molecule has 1 heterocycles. The number of hydrogen-bond donors (Lipinski definition) is 1. The van der Waals surface area contributed by atoms with E-state index in [2.05, 4.69) is 24.1 Å². The quantitative estimate of drug-likeness (QED) is 0.489. The van der Waals surface area contributed by atoms with E-state index in [0.29, 0.717) is 0 Å². The standard InChI is InChI=1S/C20H27NO/c1-2-3-4-5-6-7-8-9-10-13-17-16-20(22)18-14-11-12-15-19(18)21-17/h8-9,11-12,14-16H,2-7,10,13H2,1H3,(H,21,22)/b9-8+. The number of fused-ring (bicyclic) bond motifs is 1. The Morgan fingerprint density at radius 1 is 1.00 bits per heavy atom. The van der Waals surface area contributed by atoms with Crippen LogP contribution in [0.25, 0.3) is 10.9 Å². The van der Waals surface area contributed by atoms with Gasteiger partial charge in [0.15, 0.2) is 5.43 Å². The fraction of sp³-hybridized carbons (Fsp3) is 0.450. The third-order valence-corrected chi connectivity index (χ3v) is 4.01. The van der Waals surface area contributed by atoms with E-state index in [9.17, 15) is 4.79 Å². The number of aryl methyl sites for hydroxylation is 1. The highest BCUT2D eigenvalue weighted by Gasteiger charge is 2.00. The van der Waals surface area contributed by atoms with Gasteiger partial charge in [0, 0.05) is 22.7 Å². The Kier molecular flexibility index (Phi) is 6.95. The van der Waals surface area contributed by atoms with Crippen LogP contribution in [0.5, 0.6) is 0 Å². The number of allylic oxidation sites excluding steroid dienone is 2. The normalized spacial score (nSPS) is 11.5. The van der Waals surface area contributed by atoms with Crippen LogP contribution in [0.4, 0.5) is 0 Å². The van der Waals surface area contributed by atoms with Crippen molar-refractivity contribution in [2.75, 3.05) is 0 Å². The monoisotopic (exact) mass is 297 g/mol. The predicted octanol–water partition coefficient (Wildman–Crippen LogP) is 5.38. The van der Waals surface area contributed by atoms with E-state index in [1.807, 2.05) is 24.3 Å². The number of nitrogens with one attached hydrogen (secondary N) is 1. The molecule has 0 saturated carbocycles. The van der Waals surface area contributed by atoms with Crippen molar-refractivity contribution in [2.24, 2.45) is 0 Å². The second-order valence-electron chi connectivity index (χ2n) is 5.92. The third kappa shape index (κ3) is 5.18. The van der Waals surface area contributed by atoms with Gasteiger partial charge in [0.1, 0.15) is 0 Å². The molecule has 2 aromatic rings. The summed E-state index contributed by atoms with van der Waals surface area (Å²) in [7, 11) is 0. The van der Waals surface area contributed by atoms with E-state index >= 15 is 0 Å². The lowest BCUT2D eigenvalue weighted by Crippen LogP contribution is -2.04. The molecule has 0 atom stereocenters. The number of rotatable bonds is 9. The molecule has 0 radical (unpaired) electrons. The molecule has 0 aliphatic carbocycles. The maximum Gasteiger partial charge on any atom is 0.189 e. The number of benzene rings is 1. The number of hydrogen-bond acceptors (Lipinski definition) is 1. The van der Waals surface area contributed by atoms with Gasteiger partial charge in [-0.3, -0.25) is 4.79 Å². The van der Waals surface area contributed by atoms with Gasteiger partial charge in [0.05, 0.1) is 0 Å². The molecular weight excluding hydrogens is 270 g/mol. The van der Waals surface area contributed by atoms with Crippen LogP contribution in [0.15, 0.2) is 47.3 Å². The molecule has 0 saturated heterocycles. The van der Waals surface area contributed by atoms with Crippen LogP contribution in [-0.4, -0.2) is 4.98 Å². The minimum atomic E-state index is 0.115.